The molecule has 4 heterocycles. The molecule has 4 fully saturated rings. The summed E-state index contributed by atoms with van der Waals surface area (Å²) in [4.78, 5) is 0. The van der Waals surface area contributed by atoms with Crippen molar-refractivity contribution in [3.8, 4) is 0 Å². The van der Waals surface area contributed by atoms with Crippen LogP contribution in [0.1, 0.15) is 12.8 Å². The van der Waals surface area contributed by atoms with Gasteiger partial charge in [-0.05, 0) is 0 Å². The molecule has 0 aromatic carbocycles. The van der Waals surface area contributed by atoms with Gasteiger partial charge in [-0.25, -0.2) is 0 Å². The highest BCUT2D eigenvalue weighted by Crippen LogP contribution is 2.24. The van der Waals surface area contributed by atoms with E-state index >= 15 is 0 Å². The van der Waals surface area contributed by atoms with Crippen molar-refractivity contribution in [2.24, 2.45) is 0 Å². The Bertz CT molecular complexity index is 313. The zero-order valence-electron chi connectivity index (χ0n) is 14.2. The zero-order chi connectivity index (χ0) is 16.5. The Balaban J connectivity index is 1.43. The molecule has 4 rings (SSSR count). The highest BCUT2D eigenvalue weighted by molar-refractivity contribution is 4.79. The van der Waals surface area contributed by atoms with Crippen LogP contribution >= 0.6 is 0 Å². The largest absolute Gasteiger partial charge is 0.378 e. The second kappa shape index (κ2) is 10.6. The average Bonchev–Trinajstić information content (AvgIpc) is 2.61. The Morgan fingerprint density at radius 3 is 1.58 bits per heavy atom. The van der Waals surface area contributed by atoms with Crippen LogP contribution in [-0.4, -0.2) is 90.6 Å². The second-order valence-corrected chi connectivity index (χ2v) is 6.18. The predicted molar refractivity (Wildman–Crippen MR) is 85.8 cm³/mol. The van der Waals surface area contributed by atoms with Crippen LogP contribution in [0.2, 0.25) is 0 Å². The lowest BCUT2D eigenvalue weighted by Gasteiger charge is -2.41. The molecule has 24 heavy (non-hydrogen) atoms. The Kier molecular flexibility index (Phi) is 8.17. The topological polar surface area (TPSA) is 79.4 Å². The maximum atomic E-state index is 5.94. The summed E-state index contributed by atoms with van der Waals surface area (Å²) in [5.74, 6) is 0. The average molecular weight is 346 g/mol. The molecule has 4 aliphatic heterocycles. The van der Waals surface area contributed by atoms with Gasteiger partial charge < -0.3 is 39.1 Å². The standard InChI is InChI=1S/C16H30N2O6/c1-3-17-5-7-19-9-10-20-8-6-18-4-2-16-22-12-13-14(24-16)11-21-15(1)23-13/h13-18H,1-12H2/t13-,14-,15+,16+/m0/s1. The quantitative estimate of drug-likeness (QED) is 0.567. The molecular formula is C16H30N2O6. The SMILES string of the molecule is C1COCCOCCNCC[C@@H]2OC[C@@H]3O[C@H](CCN1)OC[C@@H]3O2. The first-order valence-corrected chi connectivity index (χ1v) is 9.03. The van der Waals surface area contributed by atoms with Crippen LogP contribution in [0.3, 0.4) is 0 Å². The minimum atomic E-state index is -0.191. The van der Waals surface area contributed by atoms with E-state index < -0.39 is 0 Å². The summed E-state index contributed by atoms with van der Waals surface area (Å²) in [6, 6.07) is 0. The molecule has 0 aliphatic carbocycles. The van der Waals surface area contributed by atoms with Crippen LogP contribution in [0.25, 0.3) is 0 Å². The Morgan fingerprint density at radius 2 is 1.08 bits per heavy atom. The lowest BCUT2D eigenvalue weighted by atomic mass is 10.1. The molecule has 0 radical (unpaired) electrons. The van der Waals surface area contributed by atoms with E-state index in [1.54, 1.807) is 0 Å². The molecular weight excluding hydrogens is 316 g/mol. The third kappa shape index (κ3) is 6.20. The number of hydrogen-bond acceptors (Lipinski definition) is 8. The van der Waals surface area contributed by atoms with Crippen molar-refractivity contribution in [1.29, 1.82) is 0 Å². The van der Waals surface area contributed by atoms with E-state index in [0.29, 0.717) is 39.6 Å². The molecule has 0 aromatic heterocycles. The van der Waals surface area contributed by atoms with Gasteiger partial charge in [-0.3, -0.25) is 0 Å². The predicted octanol–water partition coefficient (Wildman–Crippen LogP) is -0.524. The number of hydrogen-bond donors (Lipinski definition) is 2. The summed E-state index contributed by atoms with van der Waals surface area (Å²) in [5, 5.41) is 6.67. The van der Waals surface area contributed by atoms with E-state index in [9.17, 15) is 0 Å². The molecule has 4 aliphatic rings. The fraction of sp³-hybridized carbons (Fsp3) is 1.00. The van der Waals surface area contributed by atoms with Gasteiger partial charge >= 0.3 is 0 Å². The van der Waals surface area contributed by atoms with Gasteiger partial charge in [0.25, 0.3) is 0 Å². The highest BCUT2D eigenvalue weighted by atomic mass is 16.8. The zero-order valence-corrected chi connectivity index (χ0v) is 14.2. The monoisotopic (exact) mass is 346 g/mol. The molecule has 0 spiro atoms. The lowest BCUT2D eigenvalue weighted by molar-refractivity contribution is -0.337. The Labute approximate surface area is 143 Å². The van der Waals surface area contributed by atoms with E-state index in [0.717, 1.165) is 39.0 Å². The Morgan fingerprint density at radius 1 is 0.583 bits per heavy atom. The summed E-state index contributed by atoms with van der Waals surface area (Å²) < 4.78 is 34.5. The number of ether oxygens (including phenoxy) is 6. The van der Waals surface area contributed by atoms with E-state index in [2.05, 4.69) is 10.6 Å². The van der Waals surface area contributed by atoms with E-state index in [4.69, 9.17) is 28.4 Å². The first kappa shape index (κ1) is 18.5. The van der Waals surface area contributed by atoms with Crippen LogP contribution < -0.4 is 10.6 Å². The van der Waals surface area contributed by atoms with Gasteiger partial charge in [-0.2, -0.15) is 0 Å². The van der Waals surface area contributed by atoms with Gasteiger partial charge in [0, 0.05) is 39.0 Å². The summed E-state index contributed by atoms with van der Waals surface area (Å²) >= 11 is 0. The molecule has 8 nitrogen and oxygen atoms in total. The van der Waals surface area contributed by atoms with Crippen LogP contribution in [0, 0.1) is 0 Å². The van der Waals surface area contributed by atoms with Gasteiger partial charge in [0.15, 0.2) is 12.6 Å². The second-order valence-electron chi connectivity index (χ2n) is 6.18. The molecule has 0 unspecified atom stereocenters. The van der Waals surface area contributed by atoms with E-state index in [-0.39, 0.29) is 24.8 Å². The third-order valence-corrected chi connectivity index (χ3v) is 4.29. The van der Waals surface area contributed by atoms with E-state index in [1.165, 1.54) is 0 Å². The molecule has 8 heteroatoms. The molecule has 4 atom stereocenters. The van der Waals surface area contributed by atoms with Crippen LogP contribution in [0.5, 0.6) is 0 Å². The van der Waals surface area contributed by atoms with Crippen molar-refractivity contribution < 1.29 is 28.4 Å². The fourth-order valence-corrected chi connectivity index (χ4v) is 2.94. The molecule has 4 bridgehead atoms. The molecule has 2 N–H and O–H groups in total. The maximum Gasteiger partial charge on any atom is 0.159 e. The van der Waals surface area contributed by atoms with Gasteiger partial charge in [0.05, 0.1) is 39.6 Å². The summed E-state index contributed by atoms with van der Waals surface area (Å²) in [7, 11) is 0. The molecule has 0 saturated carbocycles. The summed E-state index contributed by atoms with van der Waals surface area (Å²) in [6.45, 7) is 7.05. The van der Waals surface area contributed by atoms with Crippen LogP contribution in [0.4, 0.5) is 0 Å². The first-order chi connectivity index (χ1) is 11.9. The normalized spacial score (nSPS) is 38.0. The van der Waals surface area contributed by atoms with Crippen molar-refractivity contribution in [3.05, 3.63) is 0 Å². The molecule has 0 amide bonds. The number of rotatable bonds is 0. The van der Waals surface area contributed by atoms with Crippen molar-refractivity contribution in [2.45, 2.75) is 37.6 Å². The van der Waals surface area contributed by atoms with Crippen molar-refractivity contribution in [2.75, 3.05) is 65.8 Å². The molecule has 0 aromatic rings. The summed E-state index contributed by atoms with van der Waals surface area (Å²) in [6.07, 6.45) is 1.16. The first-order valence-electron chi connectivity index (χ1n) is 9.03. The van der Waals surface area contributed by atoms with Crippen molar-refractivity contribution in [1.82, 2.24) is 10.6 Å². The molecule has 4 saturated heterocycles. The fourth-order valence-electron chi connectivity index (χ4n) is 2.94. The lowest BCUT2D eigenvalue weighted by Crippen LogP contribution is -2.53. The number of nitrogens with one attached hydrogen (secondary N) is 2. The maximum absolute atomic E-state index is 5.94. The summed E-state index contributed by atoms with van der Waals surface area (Å²) in [5.41, 5.74) is 0. The highest BCUT2D eigenvalue weighted by Gasteiger charge is 2.38. The van der Waals surface area contributed by atoms with Gasteiger partial charge in [-0.15, -0.1) is 0 Å². The van der Waals surface area contributed by atoms with E-state index in [1.807, 2.05) is 0 Å². The minimum absolute atomic E-state index is 0.0321. The minimum Gasteiger partial charge on any atom is -0.378 e. The van der Waals surface area contributed by atoms with Crippen LogP contribution in [0.15, 0.2) is 0 Å². The van der Waals surface area contributed by atoms with Gasteiger partial charge in [-0.1, -0.05) is 0 Å². The third-order valence-electron chi connectivity index (χ3n) is 4.29. The van der Waals surface area contributed by atoms with Crippen LogP contribution in [-0.2, 0) is 28.4 Å². The molecule has 140 valence electrons. The van der Waals surface area contributed by atoms with Crippen molar-refractivity contribution >= 4 is 0 Å². The smallest absolute Gasteiger partial charge is 0.159 e. The Hall–Kier alpha value is -0.320. The number of fused-ring (bicyclic) bond motifs is 15. The van der Waals surface area contributed by atoms with Crippen molar-refractivity contribution in [3.63, 3.8) is 0 Å². The van der Waals surface area contributed by atoms with Gasteiger partial charge in [0.2, 0.25) is 0 Å². The van der Waals surface area contributed by atoms with Gasteiger partial charge in [0.1, 0.15) is 12.2 Å².